The van der Waals surface area contributed by atoms with E-state index in [-0.39, 0.29) is 0 Å². The Labute approximate surface area is 115 Å². The maximum atomic E-state index is 3.67. The van der Waals surface area contributed by atoms with E-state index in [1.54, 1.807) is 5.56 Å². The molecule has 1 saturated carbocycles. The first-order chi connectivity index (χ1) is 8.93. The molecule has 3 rings (SSSR count). The van der Waals surface area contributed by atoms with Crippen molar-refractivity contribution in [2.45, 2.75) is 49.8 Å². The summed E-state index contributed by atoms with van der Waals surface area (Å²) in [6.45, 7) is 2.24. The van der Waals surface area contributed by atoms with Gasteiger partial charge in [-0.1, -0.05) is 30.7 Å². The Morgan fingerprint density at radius 1 is 1.11 bits per heavy atom. The summed E-state index contributed by atoms with van der Waals surface area (Å²) in [5.74, 6) is 2.23. The minimum absolute atomic E-state index is 0.854. The molecule has 2 aliphatic rings. The van der Waals surface area contributed by atoms with Crippen LogP contribution in [0.5, 0.6) is 0 Å². The summed E-state index contributed by atoms with van der Waals surface area (Å²) in [5, 5.41) is 4.53. The minimum atomic E-state index is 0.854. The summed E-state index contributed by atoms with van der Waals surface area (Å²) in [5.41, 5.74) is 3.13. The molecule has 2 heteroatoms. The lowest BCUT2D eigenvalue weighted by molar-refractivity contribution is 0.596. The molecule has 18 heavy (non-hydrogen) atoms. The van der Waals surface area contributed by atoms with Crippen molar-refractivity contribution in [3.05, 3.63) is 35.4 Å². The van der Waals surface area contributed by atoms with Crippen molar-refractivity contribution < 1.29 is 0 Å². The summed E-state index contributed by atoms with van der Waals surface area (Å²) in [7, 11) is 0. The van der Waals surface area contributed by atoms with Crippen molar-refractivity contribution in [1.29, 1.82) is 0 Å². The normalized spacial score (nSPS) is 24.1. The Bertz CT molecular complexity index is 380. The van der Waals surface area contributed by atoms with Gasteiger partial charge in [-0.25, -0.2) is 0 Å². The lowest BCUT2D eigenvalue weighted by atomic mass is 10.0. The number of hydrogen-bond donors (Lipinski definition) is 1. The van der Waals surface area contributed by atoms with Crippen molar-refractivity contribution in [2.75, 3.05) is 12.3 Å². The van der Waals surface area contributed by atoms with E-state index in [1.165, 1.54) is 50.0 Å². The van der Waals surface area contributed by atoms with Crippen LogP contribution in [0.1, 0.15) is 49.1 Å². The van der Waals surface area contributed by atoms with Gasteiger partial charge in [0.2, 0.25) is 0 Å². The Kier molecular flexibility index (Phi) is 4.27. The van der Waals surface area contributed by atoms with Gasteiger partial charge in [0.1, 0.15) is 0 Å². The van der Waals surface area contributed by atoms with E-state index < -0.39 is 0 Å². The van der Waals surface area contributed by atoms with Gasteiger partial charge in [-0.2, -0.15) is 11.8 Å². The number of rotatable bonds is 5. The van der Waals surface area contributed by atoms with Crippen LogP contribution < -0.4 is 5.32 Å². The van der Waals surface area contributed by atoms with Crippen molar-refractivity contribution in [3.63, 3.8) is 0 Å². The van der Waals surface area contributed by atoms with Crippen LogP contribution >= 0.6 is 11.8 Å². The van der Waals surface area contributed by atoms with Gasteiger partial charge in [-0.15, -0.1) is 0 Å². The molecule has 0 bridgehead atoms. The van der Waals surface area contributed by atoms with Crippen LogP contribution in [0.4, 0.5) is 0 Å². The SMILES string of the molecule is c1ccc(C2CC2)c(CNCC2CCCCS2)c1. The molecule has 0 radical (unpaired) electrons. The second-order valence-corrected chi connectivity index (χ2v) is 7.00. The highest BCUT2D eigenvalue weighted by Crippen LogP contribution is 2.41. The largest absolute Gasteiger partial charge is 0.312 e. The fraction of sp³-hybridized carbons (Fsp3) is 0.625. The number of hydrogen-bond acceptors (Lipinski definition) is 2. The van der Waals surface area contributed by atoms with Crippen LogP contribution in [-0.4, -0.2) is 17.5 Å². The summed E-state index contributed by atoms with van der Waals surface area (Å²) in [4.78, 5) is 0. The smallest absolute Gasteiger partial charge is 0.0208 e. The highest BCUT2D eigenvalue weighted by atomic mass is 32.2. The van der Waals surface area contributed by atoms with E-state index in [2.05, 4.69) is 41.3 Å². The van der Waals surface area contributed by atoms with Crippen molar-refractivity contribution in [3.8, 4) is 0 Å². The van der Waals surface area contributed by atoms with Gasteiger partial charge >= 0.3 is 0 Å². The average Bonchev–Trinajstić information content (AvgIpc) is 3.25. The van der Waals surface area contributed by atoms with E-state index >= 15 is 0 Å². The molecule has 1 saturated heterocycles. The topological polar surface area (TPSA) is 12.0 Å². The molecule has 0 spiro atoms. The van der Waals surface area contributed by atoms with E-state index in [0.717, 1.165) is 17.7 Å². The molecular weight excluding hydrogens is 238 g/mol. The highest BCUT2D eigenvalue weighted by Gasteiger charge is 2.25. The maximum absolute atomic E-state index is 3.67. The molecule has 98 valence electrons. The van der Waals surface area contributed by atoms with Crippen LogP contribution in [0.3, 0.4) is 0 Å². The molecule has 0 aromatic heterocycles. The monoisotopic (exact) mass is 261 g/mol. The molecule has 1 aromatic carbocycles. The minimum Gasteiger partial charge on any atom is -0.312 e. The molecule has 1 aliphatic heterocycles. The van der Waals surface area contributed by atoms with Gasteiger partial charge in [0.25, 0.3) is 0 Å². The van der Waals surface area contributed by atoms with Gasteiger partial charge in [-0.05, 0) is 48.5 Å². The molecule has 1 heterocycles. The molecule has 1 aromatic rings. The van der Waals surface area contributed by atoms with Gasteiger partial charge in [0.05, 0.1) is 0 Å². The number of benzene rings is 1. The first-order valence-electron chi connectivity index (χ1n) is 7.33. The standard InChI is InChI=1S/C16H23NS/c1-2-7-16(13-8-9-13)14(5-1)11-17-12-15-6-3-4-10-18-15/h1-2,5,7,13,15,17H,3-4,6,8-12H2. The fourth-order valence-electron chi connectivity index (χ4n) is 2.82. The quantitative estimate of drug-likeness (QED) is 0.861. The zero-order chi connectivity index (χ0) is 12.2. The number of thioether (sulfide) groups is 1. The van der Waals surface area contributed by atoms with Crippen LogP contribution in [0.15, 0.2) is 24.3 Å². The highest BCUT2D eigenvalue weighted by molar-refractivity contribution is 7.99. The summed E-state index contributed by atoms with van der Waals surface area (Å²) >= 11 is 2.16. The third-order valence-electron chi connectivity index (χ3n) is 4.03. The first-order valence-corrected chi connectivity index (χ1v) is 8.38. The van der Waals surface area contributed by atoms with Crippen LogP contribution in [0.25, 0.3) is 0 Å². The maximum Gasteiger partial charge on any atom is 0.0208 e. The molecule has 1 atom stereocenters. The van der Waals surface area contributed by atoms with Crippen LogP contribution in [-0.2, 0) is 6.54 Å². The lowest BCUT2D eigenvalue weighted by Gasteiger charge is -2.21. The van der Waals surface area contributed by atoms with Crippen LogP contribution in [0, 0.1) is 0 Å². The average molecular weight is 261 g/mol. The molecule has 2 fully saturated rings. The molecule has 1 aliphatic carbocycles. The molecule has 1 unspecified atom stereocenters. The Morgan fingerprint density at radius 2 is 2.00 bits per heavy atom. The van der Waals surface area contributed by atoms with E-state index in [1.807, 2.05) is 0 Å². The fourth-order valence-corrected chi connectivity index (χ4v) is 4.10. The van der Waals surface area contributed by atoms with Gasteiger partial charge in [-0.3, -0.25) is 0 Å². The molecular formula is C16H23NS. The zero-order valence-corrected chi connectivity index (χ0v) is 11.8. The predicted molar refractivity (Wildman–Crippen MR) is 80.2 cm³/mol. The van der Waals surface area contributed by atoms with Crippen LogP contribution in [0.2, 0.25) is 0 Å². The van der Waals surface area contributed by atoms with Gasteiger partial charge < -0.3 is 5.32 Å². The van der Waals surface area contributed by atoms with Gasteiger partial charge in [0, 0.05) is 18.3 Å². The van der Waals surface area contributed by atoms with E-state index in [9.17, 15) is 0 Å². The Balaban J connectivity index is 1.50. The summed E-state index contributed by atoms with van der Waals surface area (Å²) in [6.07, 6.45) is 7.05. The third kappa shape index (κ3) is 3.30. The summed E-state index contributed by atoms with van der Waals surface area (Å²) in [6, 6.07) is 8.99. The third-order valence-corrected chi connectivity index (χ3v) is 5.43. The Hall–Kier alpha value is -0.470. The van der Waals surface area contributed by atoms with Gasteiger partial charge in [0.15, 0.2) is 0 Å². The summed E-state index contributed by atoms with van der Waals surface area (Å²) < 4.78 is 0. The second-order valence-electron chi connectivity index (χ2n) is 5.59. The molecule has 1 N–H and O–H groups in total. The van der Waals surface area contributed by atoms with Crippen molar-refractivity contribution >= 4 is 11.8 Å². The first kappa shape index (κ1) is 12.6. The van der Waals surface area contributed by atoms with Crippen molar-refractivity contribution in [1.82, 2.24) is 5.32 Å². The second kappa shape index (κ2) is 6.12. The van der Waals surface area contributed by atoms with E-state index in [4.69, 9.17) is 0 Å². The van der Waals surface area contributed by atoms with E-state index in [0.29, 0.717) is 0 Å². The molecule has 1 nitrogen and oxygen atoms in total. The Morgan fingerprint density at radius 3 is 2.78 bits per heavy atom. The lowest BCUT2D eigenvalue weighted by Crippen LogP contribution is -2.26. The zero-order valence-electron chi connectivity index (χ0n) is 11.0. The van der Waals surface area contributed by atoms with Crippen molar-refractivity contribution in [2.24, 2.45) is 0 Å². The number of nitrogens with one attached hydrogen (secondary N) is 1. The molecule has 0 amide bonds. The predicted octanol–water partition coefficient (Wildman–Crippen LogP) is 3.94.